The lowest BCUT2D eigenvalue weighted by Crippen LogP contribution is -2.32. The number of nitrogens with one attached hydrogen (secondary N) is 1. The molecule has 1 fully saturated rings. The van der Waals surface area contributed by atoms with Gasteiger partial charge in [0.1, 0.15) is 12.0 Å². The van der Waals surface area contributed by atoms with Crippen molar-refractivity contribution in [2.45, 2.75) is 58.0 Å². The molecule has 1 saturated carbocycles. The molecule has 1 aliphatic carbocycles. The van der Waals surface area contributed by atoms with E-state index in [1.165, 1.54) is 51.9 Å². The maximum absolute atomic E-state index is 11.3. The Morgan fingerprint density at radius 3 is 2.80 bits per heavy atom. The summed E-state index contributed by atoms with van der Waals surface area (Å²) >= 11 is 0. The molecule has 0 amide bonds. The third-order valence-corrected chi connectivity index (χ3v) is 4.18. The second-order valence-corrected chi connectivity index (χ2v) is 5.68. The van der Waals surface area contributed by atoms with E-state index in [4.69, 9.17) is 4.42 Å². The standard InChI is InChI=1S/C16H25NO3/c1-3-4-12-5-7-14(8-6-12)17-10-15-9-13(11-20-15)16(18)19-2/h9,11-12,14,17H,3-8,10H2,1-2H3. The zero-order chi connectivity index (χ0) is 14.4. The van der Waals surface area contributed by atoms with E-state index < -0.39 is 0 Å². The molecule has 0 saturated heterocycles. The minimum atomic E-state index is -0.347. The largest absolute Gasteiger partial charge is 0.467 e. The summed E-state index contributed by atoms with van der Waals surface area (Å²) in [6, 6.07) is 2.33. The summed E-state index contributed by atoms with van der Waals surface area (Å²) in [5.74, 6) is 1.37. The van der Waals surface area contributed by atoms with E-state index in [9.17, 15) is 4.79 Å². The first-order valence-electron chi connectivity index (χ1n) is 7.62. The minimum absolute atomic E-state index is 0.347. The quantitative estimate of drug-likeness (QED) is 0.810. The molecule has 4 heteroatoms. The van der Waals surface area contributed by atoms with Gasteiger partial charge in [0.2, 0.25) is 0 Å². The van der Waals surface area contributed by atoms with Crippen LogP contribution in [0.5, 0.6) is 0 Å². The van der Waals surface area contributed by atoms with Crippen LogP contribution in [0.25, 0.3) is 0 Å². The molecule has 1 aromatic heterocycles. The van der Waals surface area contributed by atoms with E-state index in [0.717, 1.165) is 11.7 Å². The topological polar surface area (TPSA) is 51.5 Å². The lowest BCUT2D eigenvalue weighted by molar-refractivity contribution is 0.0600. The number of ether oxygens (including phenoxy) is 1. The zero-order valence-electron chi connectivity index (χ0n) is 12.5. The summed E-state index contributed by atoms with van der Waals surface area (Å²) in [6.45, 7) is 2.94. The number of hydrogen-bond donors (Lipinski definition) is 1. The number of methoxy groups -OCH3 is 1. The Hall–Kier alpha value is -1.29. The van der Waals surface area contributed by atoms with Gasteiger partial charge < -0.3 is 14.5 Å². The van der Waals surface area contributed by atoms with Crippen molar-refractivity contribution in [3.8, 4) is 0 Å². The van der Waals surface area contributed by atoms with Crippen molar-refractivity contribution < 1.29 is 13.9 Å². The van der Waals surface area contributed by atoms with Gasteiger partial charge >= 0.3 is 5.97 Å². The Morgan fingerprint density at radius 2 is 2.15 bits per heavy atom. The maximum atomic E-state index is 11.3. The normalized spacial score (nSPS) is 22.7. The van der Waals surface area contributed by atoms with Gasteiger partial charge in [0.15, 0.2) is 0 Å². The maximum Gasteiger partial charge on any atom is 0.341 e. The second kappa shape index (κ2) is 7.48. The van der Waals surface area contributed by atoms with Crippen molar-refractivity contribution in [1.82, 2.24) is 5.32 Å². The van der Waals surface area contributed by atoms with E-state index in [-0.39, 0.29) is 5.97 Å². The van der Waals surface area contributed by atoms with Crippen molar-refractivity contribution in [2.75, 3.05) is 7.11 Å². The molecule has 0 aliphatic heterocycles. The zero-order valence-corrected chi connectivity index (χ0v) is 12.5. The van der Waals surface area contributed by atoms with Crippen molar-refractivity contribution >= 4 is 5.97 Å². The summed E-state index contributed by atoms with van der Waals surface area (Å²) in [6.07, 6.45) is 9.28. The fourth-order valence-corrected chi connectivity index (χ4v) is 3.01. The van der Waals surface area contributed by atoms with E-state index in [2.05, 4.69) is 17.0 Å². The first-order chi connectivity index (χ1) is 9.72. The predicted octanol–water partition coefficient (Wildman–Crippen LogP) is 3.51. The summed E-state index contributed by atoms with van der Waals surface area (Å²) in [5, 5.41) is 3.52. The second-order valence-electron chi connectivity index (χ2n) is 5.68. The van der Waals surface area contributed by atoms with E-state index in [1.54, 1.807) is 6.07 Å². The van der Waals surface area contributed by atoms with Crippen LogP contribution in [-0.2, 0) is 11.3 Å². The summed E-state index contributed by atoms with van der Waals surface area (Å²) < 4.78 is 10.0. The molecular formula is C16H25NO3. The molecule has 0 spiro atoms. The molecule has 112 valence electrons. The molecule has 0 bridgehead atoms. The van der Waals surface area contributed by atoms with Gasteiger partial charge in [0, 0.05) is 6.04 Å². The van der Waals surface area contributed by atoms with E-state index in [1.807, 2.05) is 0 Å². The molecule has 1 aromatic rings. The highest BCUT2D eigenvalue weighted by Gasteiger charge is 2.20. The third kappa shape index (κ3) is 4.10. The van der Waals surface area contributed by atoms with Crippen LogP contribution >= 0.6 is 0 Å². The van der Waals surface area contributed by atoms with Crippen LogP contribution in [0.15, 0.2) is 16.7 Å². The smallest absolute Gasteiger partial charge is 0.341 e. The SMILES string of the molecule is CCCC1CCC(NCc2cc(C(=O)OC)co2)CC1. The van der Waals surface area contributed by atoms with Crippen molar-refractivity contribution in [3.05, 3.63) is 23.7 Å². The van der Waals surface area contributed by atoms with Gasteiger partial charge in [-0.25, -0.2) is 4.79 Å². The Balaban J connectivity index is 1.73. The summed E-state index contributed by atoms with van der Waals surface area (Å²) in [4.78, 5) is 11.3. The van der Waals surface area contributed by atoms with Gasteiger partial charge in [-0.1, -0.05) is 19.8 Å². The fourth-order valence-electron chi connectivity index (χ4n) is 3.01. The number of furan rings is 1. The van der Waals surface area contributed by atoms with Gasteiger partial charge in [0.05, 0.1) is 19.2 Å². The summed E-state index contributed by atoms with van der Waals surface area (Å²) in [7, 11) is 1.38. The molecule has 2 rings (SSSR count). The molecule has 0 unspecified atom stereocenters. The summed E-state index contributed by atoms with van der Waals surface area (Å²) in [5.41, 5.74) is 0.482. The van der Waals surface area contributed by atoms with Crippen LogP contribution in [0, 0.1) is 5.92 Å². The number of carbonyl (C=O) groups is 1. The van der Waals surface area contributed by atoms with Crippen LogP contribution in [0.1, 0.15) is 61.6 Å². The molecule has 1 heterocycles. The van der Waals surface area contributed by atoms with Crippen molar-refractivity contribution in [3.63, 3.8) is 0 Å². The Morgan fingerprint density at radius 1 is 1.40 bits per heavy atom. The number of hydrogen-bond acceptors (Lipinski definition) is 4. The van der Waals surface area contributed by atoms with Crippen LogP contribution in [-0.4, -0.2) is 19.1 Å². The highest BCUT2D eigenvalue weighted by Crippen LogP contribution is 2.27. The highest BCUT2D eigenvalue weighted by atomic mass is 16.5. The molecule has 0 aromatic carbocycles. The highest BCUT2D eigenvalue weighted by molar-refractivity contribution is 5.88. The molecule has 20 heavy (non-hydrogen) atoms. The number of rotatable bonds is 6. The Bertz CT molecular complexity index is 419. The molecule has 0 radical (unpaired) electrons. The van der Waals surface area contributed by atoms with Crippen LogP contribution < -0.4 is 5.32 Å². The predicted molar refractivity (Wildman–Crippen MR) is 77.5 cm³/mol. The average molecular weight is 279 g/mol. The first kappa shape index (κ1) is 15.1. The Labute approximate surface area is 120 Å². The van der Waals surface area contributed by atoms with E-state index >= 15 is 0 Å². The monoisotopic (exact) mass is 279 g/mol. The van der Waals surface area contributed by atoms with Crippen molar-refractivity contribution in [1.29, 1.82) is 0 Å². The van der Waals surface area contributed by atoms with Crippen LogP contribution in [0.4, 0.5) is 0 Å². The van der Waals surface area contributed by atoms with E-state index in [0.29, 0.717) is 18.2 Å². The number of carbonyl (C=O) groups excluding carboxylic acids is 1. The molecule has 1 aliphatic rings. The molecule has 4 nitrogen and oxygen atoms in total. The Kier molecular flexibility index (Phi) is 5.65. The van der Waals surface area contributed by atoms with Gasteiger partial charge in [-0.3, -0.25) is 0 Å². The molecular weight excluding hydrogens is 254 g/mol. The van der Waals surface area contributed by atoms with Gasteiger partial charge in [0.25, 0.3) is 0 Å². The molecule has 0 atom stereocenters. The minimum Gasteiger partial charge on any atom is -0.467 e. The van der Waals surface area contributed by atoms with Gasteiger partial charge in [-0.2, -0.15) is 0 Å². The van der Waals surface area contributed by atoms with Crippen molar-refractivity contribution in [2.24, 2.45) is 5.92 Å². The van der Waals surface area contributed by atoms with Crippen LogP contribution in [0.3, 0.4) is 0 Å². The average Bonchev–Trinajstić information content (AvgIpc) is 2.95. The fraction of sp³-hybridized carbons (Fsp3) is 0.688. The van der Waals surface area contributed by atoms with Gasteiger partial charge in [-0.05, 0) is 37.7 Å². The third-order valence-electron chi connectivity index (χ3n) is 4.18. The lowest BCUT2D eigenvalue weighted by atomic mass is 9.83. The first-order valence-corrected chi connectivity index (χ1v) is 7.62. The van der Waals surface area contributed by atoms with Crippen LogP contribution in [0.2, 0.25) is 0 Å². The number of esters is 1. The molecule has 1 N–H and O–H groups in total. The van der Waals surface area contributed by atoms with Gasteiger partial charge in [-0.15, -0.1) is 0 Å². The lowest BCUT2D eigenvalue weighted by Gasteiger charge is -2.28.